The number of rotatable bonds is 5. The quantitative estimate of drug-likeness (QED) is 0.492. The molecule has 24 heavy (non-hydrogen) atoms. The lowest BCUT2D eigenvalue weighted by molar-refractivity contribution is -0.384. The van der Waals surface area contributed by atoms with E-state index in [1.54, 1.807) is 0 Å². The number of anilines is 1. The summed E-state index contributed by atoms with van der Waals surface area (Å²) in [7, 11) is 0. The van der Waals surface area contributed by atoms with Gasteiger partial charge >= 0.3 is 5.97 Å². The maximum absolute atomic E-state index is 11.8. The number of benzene rings is 2. The largest absolute Gasteiger partial charge is 0.452 e. The summed E-state index contributed by atoms with van der Waals surface area (Å²) in [5.41, 5.74) is 0.225. The lowest BCUT2D eigenvalue weighted by atomic mass is 10.2. The Morgan fingerprint density at radius 1 is 1.12 bits per heavy atom. The molecule has 0 aromatic heterocycles. The molecule has 0 spiro atoms. The Morgan fingerprint density at radius 2 is 1.79 bits per heavy atom. The average molecular weight is 369 g/mol. The zero-order chi connectivity index (χ0) is 17.7. The number of esters is 1. The number of ether oxygens (including phenoxy) is 1. The predicted molar refractivity (Wildman–Crippen MR) is 88.5 cm³/mol. The topological polar surface area (TPSA) is 98.5 Å². The van der Waals surface area contributed by atoms with Gasteiger partial charge in [-0.15, -0.1) is 0 Å². The van der Waals surface area contributed by atoms with Crippen LogP contribution < -0.4 is 5.32 Å². The van der Waals surface area contributed by atoms with Gasteiger partial charge in [-0.2, -0.15) is 0 Å². The van der Waals surface area contributed by atoms with Gasteiger partial charge in [-0.3, -0.25) is 14.9 Å². The van der Waals surface area contributed by atoms with Crippen LogP contribution in [0, 0.1) is 10.1 Å². The van der Waals surface area contributed by atoms with Crippen molar-refractivity contribution < 1.29 is 19.2 Å². The number of amides is 1. The standard InChI is InChI=1S/C15H10Cl2N2O5/c16-10-3-1-9(2-4-10)15(21)24-8-14(20)18-13-6-5-11(19(22)23)7-12(13)17/h1-7H,8H2,(H,18,20). The third kappa shape index (κ3) is 4.68. The molecule has 7 nitrogen and oxygen atoms in total. The van der Waals surface area contributed by atoms with Crippen molar-refractivity contribution in [2.75, 3.05) is 11.9 Å². The minimum absolute atomic E-state index is 0.00146. The molecule has 9 heteroatoms. The fraction of sp³-hybridized carbons (Fsp3) is 0.0667. The van der Waals surface area contributed by atoms with Gasteiger partial charge in [0, 0.05) is 17.2 Å². The maximum Gasteiger partial charge on any atom is 0.338 e. The van der Waals surface area contributed by atoms with E-state index in [0.29, 0.717) is 5.02 Å². The molecule has 0 aliphatic heterocycles. The van der Waals surface area contributed by atoms with E-state index < -0.39 is 23.4 Å². The lowest BCUT2D eigenvalue weighted by Gasteiger charge is -2.08. The summed E-state index contributed by atoms with van der Waals surface area (Å²) < 4.78 is 4.86. The smallest absolute Gasteiger partial charge is 0.338 e. The second-order valence-electron chi connectivity index (χ2n) is 4.55. The molecule has 1 N–H and O–H groups in total. The molecule has 0 aliphatic carbocycles. The van der Waals surface area contributed by atoms with Gasteiger partial charge in [0.2, 0.25) is 0 Å². The van der Waals surface area contributed by atoms with E-state index in [9.17, 15) is 19.7 Å². The lowest BCUT2D eigenvalue weighted by Crippen LogP contribution is -2.21. The zero-order valence-electron chi connectivity index (χ0n) is 12.0. The van der Waals surface area contributed by atoms with Crippen LogP contribution in [-0.2, 0) is 9.53 Å². The highest BCUT2D eigenvalue weighted by Crippen LogP contribution is 2.26. The van der Waals surface area contributed by atoms with Gasteiger partial charge in [-0.05, 0) is 30.3 Å². The average Bonchev–Trinajstić information content (AvgIpc) is 2.55. The second kappa shape index (κ2) is 7.76. The van der Waals surface area contributed by atoms with Crippen molar-refractivity contribution in [1.29, 1.82) is 0 Å². The zero-order valence-corrected chi connectivity index (χ0v) is 13.5. The van der Waals surface area contributed by atoms with E-state index >= 15 is 0 Å². The molecule has 0 saturated carbocycles. The fourth-order valence-electron chi connectivity index (χ4n) is 1.71. The Morgan fingerprint density at radius 3 is 2.38 bits per heavy atom. The molecule has 2 aromatic rings. The first-order valence-corrected chi connectivity index (χ1v) is 7.29. The minimum atomic E-state index is -0.684. The highest BCUT2D eigenvalue weighted by atomic mass is 35.5. The number of nitro benzene ring substituents is 1. The third-order valence-electron chi connectivity index (χ3n) is 2.85. The number of carbonyl (C=O) groups is 2. The van der Waals surface area contributed by atoms with Crippen LogP contribution in [0.3, 0.4) is 0 Å². The highest BCUT2D eigenvalue weighted by Gasteiger charge is 2.13. The third-order valence-corrected chi connectivity index (χ3v) is 3.42. The van der Waals surface area contributed by atoms with Gasteiger partial charge < -0.3 is 10.1 Å². The SMILES string of the molecule is O=C(COC(=O)c1ccc(Cl)cc1)Nc1ccc([N+](=O)[O-])cc1Cl. The molecular weight excluding hydrogens is 359 g/mol. The number of hydrogen-bond acceptors (Lipinski definition) is 5. The number of nitrogens with one attached hydrogen (secondary N) is 1. The summed E-state index contributed by atoms with van der Waals surface area (Å²) in [6.07, 6.45) is 0. The summed E-state index contributed by atoms with van der Waals surface area (Å²) in [4.78, 5) is 33.5. The predicted octanol–water partition coefficient (Wildman–Crippen LogP) is 3.70. The van der Waals surface area contributed by atoms with Crippen LogP contribution in [0.4, 0.5) is 11.4 Å². The molecule has 0 heterocycles. The van der Waals surface area contributed by atoms with Crippen molar-refractivity contribution in [3.8, 4) is 0 Å². The number of non-ortho nitro benzene ring substituents is 1. The van der Waals surface area contributed by atoms with Crippen molar-refractivity contribution in [3.05, 3.63) is 68.2 Å². The molecule has 124 valence electrons. The molecule has 0 aliphatic rings. The fourth-order valence-corrected chi connectivity index (χ4v) is 2.05. The first-order valence-electron chi connectivity index (χ1n) is 6.53. The summed E-state index contributed by atoms with van der Waals surface area (Å²) in [6.45, 7) is -0.533. The van der Waals surface area contributed by atoms with Gasteiger partial charge in [0.25, 0.3) is 11.6 Å². The summed E-state index contributed by atoms with van der Waals surface area (Å²) in [5.74, 6) is -1.32. The van der Waals surface area contributed by atoms with Crippen LogP contribution in [0.5, 0.6) is 0 Å². The number of nitro groups is 1. The Bertz CT molecular complexity index is 793. The van der Waals surface area contributed by atoms with Crippen LogP contribution in [-0.4, -0.2) is 23.4 Å². The van der Waals surface area contributed by atoms with Gasteiger partial charge in [-0.25, -0.2) is 4.79 Å². The minimum Gasteiger partial charge on any atom is -0.452 e. The van der Waals surface area contributed by atoms with E-state index in [4.69, 9.17) is 27.9 Å². The molecule has 0 radical (unpaired) electrons. The molecule has 0 unspecified atom stereocenters. The van der Waals surface area contributed by atoms with Gasteiger partial charge in [-0.1, -0.05) is 23.2 Å². The van der Waals surface area contributed by atoms with Crippen LogP contribution in [0.2, 0.25) is 10.0 Å². The van der Waals surface area contributed by atoms with E-state index in [1.165, 1.54) is 36.4 Å². The van der Waals surface area contributed by atoms with Crippen LogP contribution in [0.25, 0.3) is 0 Å². The molecular formula is C15H10Cl2N2O5. The summed E-state index contributed by atoms with van der Waals surface area (Å²) >= 11 is 11.6. The normalized spacial score (nSPS) is 10.1. The molecule has 0 fully saturated rings. The Kier molecular flexibility index (Phi) is 5.73. The van der Waals surface area contributed by atoms with Crippen molar-refractivity contribution in [1.82, 2.24) is 0 Å². The van der Waals surface area contributed by atoms with Crippen molar-refractivity contribution in [2.45, 2.75) is 0 Å². The number of carbonyl (C=O) groups excluding carboxylic acids is 2. The van der Waals surface area contributed by atoms with Crippen molar-refractivity contribution >= 4 is 46.5 Å². The van der Waals surface area contributed by atoms with E-state index in [2.05, 4.69) is 5.32 Å². The van der Waals surface area contributed by atoms with E-state index in [1.807, 2.05) is 0 Å². The van der Waals surface area contributed by atoms with E-state index in [0.717, 1.165) is 6.07 Å². The first-order chi connectivity index (χ1) is 11.4. The highest BCUT2D eigenvalue weighted by molar-refractivity contribution is 6.34. The Labute approximate surface area is 146 Å². The van der Waals surface area contributed by atoms with Crippen molar-refractivity contribution in [3.63, 3.8) is 0 Å². The summed E-state index contributed by atoms with van der Waals surface area (Å²) in [5, 5.41) is 13.5. The molecule has 1 amide bonds. The molecule has 0 saturated heterocycles. The summed E-state index contributed by atoms with van der Waals surface area (Å²) in [6, 6.07) is 9.58. The molecule has 0 atom stereocenters. The van der Waals surface area contributed by atoms with Crippen LogP contribution in [0.1, 0.15) is 10.4 Å². The van der Waals surface area contributed by atoms with Gasteiger partial charge in [0.05, 0.1) is 21.2 Å². The Balaban J connectivity index is 1.92. The van der Waals surface area contributed by atoms with Crippen molar-refractivity contribution in [2.24, 2.45) is 0 Å². The maximum atomic E-state index is 11.8. The Hall–Kier alpha value is -2.64. The first kappa shape index (κ1) is 17.7. The molecule has 2 rings (SSSR count). The van der Waals surface area contributed by atoms with Gasteiger partial charge in [0.15, 0.2) is 6.61 Å². The molecule has 0 bridgehead atoms. The van der Waals surface area contributed by atoms with Crippen LogP contribution in [0.15, 0.2) is 42.5 Å². The number of halogens is 2. The molecule has 2 aromatic carbocycles. The van der Waals surface area contributed by atoms with Gasteiger partial charge in [0.1, 0.15) is 0 Å². The second-order valence-corrected chi connectivity index (χ2v) is 5.40. The number of nitrogens with zero attached hydrogens (tertiary/aromatic N) is 1. The van der Waals surface area contributed by atoms with Crippen LogP contribution >= 0.6 is 23.2 Å². The monoisotopic (exact) mass is 368 g/mol. The van der Waals surface area contributed by atoms with E-state index in [-0.39, 0.29) is 22.0 Å². The number of hydrogen-bond donors (Lipinski definition) is 1.